The molecule has 2 rings (SSSR count). The van der Waals surface area contributed by atoms with Gasteiger partial charge in [-0.2, -0.15) is 0 Å². The second-order valence-corrected chi connectivity index (χ2v) is 4.83. The molecule has 0 aromatic carbocycles. The van der Waals surface area contributed by atoms with E-state index in [0.29, 0.717) is 0 Å². The highest BCUT2D eigenvalue weighted by Gasteiger charge is 2.18. The van der Waals surface area contributed by atoms with Crippen LogP contribution < -0.4 is 0 Å². The molecule has 0 saturated carbocycles. The lowest BCUT2D eigenvalue weighted by Gasteiger charge is -2.34. The maximum atomic E-state index is 5.11. The second-order valence-electron chi connectivity index (χ2n) is 4.83. The molecule has 0 unspecified atom stereocenters. The first kappa shape index (κ1) is 13.5. The lowest BCUT2D eigenvalue weighted by molar-refractivity contribution is 0.0921. The monoisotopic (exact) mass is 253 g/mol. The molecular weight excluding hydrogens is 230 g/mol. The number of rotatable bonds is 5. The van der Waals surface area contributed by atoms with Gasteiger partial charge in [-0.25, -0.2) is 0 Å². The molecule has 1 aromatic rings. The van der Waals surface area contributed by atoms with E-state index in [2.05, 4.69) is 24.6 Å². The van der Waals surface area contributed by atoms with Crippen molar-refractivity contribution in [3.8, 4) is 0 Å². The summed E-state index contributed by atoms with van der Waals surface area (Å²) in [5.41, 5.74) is 0. The molecule has 0 amide bonds. The highest BCUT2D eigenvalue weighted by atomic mass is 16.5. The Bertz CT molecular complexity index is 371. The van der Waals surface area contributed by atoms with Gasteiger partial charge in [0.15, 0.2) is 0 Å². The third-order valence-corrected chi connectivity index (χ3v) is 3.62. The molecule has 0 bridgehead atoms. The largest absolute Gasteiger partial charge is 0.383 e. The molecule has 0 atom stereocenters. The average Bonchev–Trinajstić information content (AvgIpc) is 2.70. The molecule has 6 nitrogen and oxygen atoms in total. The molecule has 0 radical (unpaired) electrons. The van der Waals surface area contributed by atoms with Crippen molar-refractivity contribution in [3.05, 3.63) is 11.6 Å². The van der Waals surface area contributed by atoms with Crippen molar-refractivity contribution in [2.75, 3.05) is 46.4 Å². The van der Waals surface area contributed by atoms with Crippen LogP contribution in [-0.2, 0) is 18.3 Å². The number of ether oxygens (including phenoxy) is 1. The summed E-state index contributed by atoms with van der Waals surface area (Å²) in [6, 6.07) is 0. The quantitative estimate of drug-likeness (QED) is 0.732. The standard InChI is InChI=1S/C12H23N5O/c1-11-13-14-12(15(11)2)10-17-6-4-16(5-7-17)8-9-18-3/h4-10H2,1-3H3. The van der Waals surface area contributed by atoms with E-state index in [-0.39, 0.29) is 0 Å². The normalized spacial score (nSPS) is 18.4. The molecule has 0 spiro atoms. The van der Waals surface area contributed by atoms with Crippen molar-refractivity contribution in [1.29, 1.82) is 0 Å². The van der Waals surface area contributed by atoms with Gasteiger partial charge in [0.1, 0.15) is 11.6 Å². The topological polar surface area (TPSA) is 46.4 Å². The highest BCUT2D eigenvalue weighted by Crippen LogP contribution is 2.07. The molecule has 1 aliphatic heterocycles. The minimum Gasteiger partial charge on any atom is -0.383 e. The van der Waals surface area contributed by atoms with Crippen molar-refractivity contribution in [2.24, 2.45) is 7.05 Å². The number of methoxy groups -OCH3 is 1. The molecule has 1 aromatic heterocycles. The fraction of sp³-hybridized carbons (Fsp3) is 0.833. The van der Waals surface area contributed by atoms with Crippen LogP contribution in [0.5, 0.6) is 0 Å². The summed E-state index contributed by atoms with van der Waals surface area (Å²) in [5, 5.41) is 8.31. The van der Waals surface area contributed by atoms with Gasteiger partial charge in [0.25, 0.3) is 0 Å². The fourth-order valence-corrected chi connectivity index (χ4v) is 2.18. The minimum absolute atomic E-state index is 0.822. The Hall–Kier alpha value is -0.980. The average molecular weight is 253 g/mol. The number of hydrogen-bond donors (Lipinski definition) is 0. The third kappa shape index (κ3) is 3.28. The van der Waals surface area contributed by atoms with Crippen LogP contribution in [0.2, 0.25) is 0 Å². The van der Waals surface area contributed by atoms with E-state index in [4.69, 9.17) is 4.74 Å². The number of hydrogen-bond acceptors (Lipinski definition) is 5. The molecule has 18 heavy (non-hydrogen) atoms. The lowest BCUT2D eigenvalue weighted by atomic mass is 10.3. The lowest BCUT2D eigenvalue weighted by Crippen LogP contribution is -2.47. The van der Waals surface area contributed by atoms with Crippen LogP contribution in [0.25, 0.3) is 0 Å². The maximum absolute atomic E-state index is 5.11. The molecule has 102 valence electrons. The van der Waals surface area contributed by atoms with Gasteiger partial charge in [0, 0.05) is 46.9 Å². The van der Waals surface area contributed by atoms with E-state index in [9.17, 15) is 0 Å². The van der Waals surface area contributed by atoms with E-state index < -0.39 is 0 Å². The number of nitrogens with zero attached hydrogens (tertiary/aromatic N) is 5. The first-order valence-electron chi connectivity index (χ1n) is 6.49. The van der Waals surface area contributed by atoms with Crippen molar-refractivity contribution >= 4 is 0 Å². The molecule has 0 N–H and O–H groups in total. The van der Waals surface area contributed by atoms with Crippen LogP contribution in [0.1, 0.15) is 11.6 Å². The zero-order valence-corrected chi connectivity index (χ0v) is 11.6. The van der Waals surface area contributed by atoms with Crippen LogP contribution in [0.3, 0.4) is 0 Å². The van der Waals surface area contributed by atoms with Gasteiger partial charge in [0.05, 0.1) is 13.2 Å². The summed E-state index contributed by atoms with van der Waals surface area (Å²) in [6.07, 6.45) is 0. The first-order chi connectivity index (χ1) is 8.70. The Morgan fingerprint density at radius 3 is 2.33 bits per heavy atom. The first-order valence-corrected chi connectivity index (χ1v) is 6.49. The fourth-order valence-electron chi connectivity index (χ4n) is 2.18. The van der Waals surface area contributed by atoms with Crippen LogP contribution in [0, 0.1) is 6.92 Å². The van der Waals surface area contributed by atoms with E-state index in [1.807, 2.05) is 14.0 Å². The predicted octanol–water partition coefficient (Wildman–Crippen LogP) is -0.112. The van der Waals surface area contributed by atoms with Crippen molar-refractivity contribution in [2.45, 2.75) is 13.5 Å². The third-order valence-electron chi connectivity index (χ3n) is 3.62. The summed E-state index contributed by atoms with van der Waals surface area (Å²) >= 11 is 0. The summed E-state index contributed by atoms with van der Waals surface area (Å²) in [4.78, 5) is 4.88. The summed E-state index contributed by atoms with van der Waals surface area (Å²) in [6.45, 7) is 9.15. The van der Waals surface area contributed by atoms with E-state index in [0.717, 1.165) is 57.5 Å². The number of aryl methyl sites for hydroxylation is 1. The Labute approximate surface area is 109 Å². The Balaban J connectivity index is 1.78. The van der Waals surface area contributed by atoms with Gasteiger partial charge < -0.3 is 9.30 Å². The van der Waals surface area contributed by atoms with Crippen LogP contribution in [0.4, 0.5) is 0 Å². The van der Waals surface area contributed by atoms with E-state index in [1.54, 1.807) is 7.11 Å². The van der Waals surface area contributed by atoms with Crippen molar-refractivity contribution in [3.63, 3.8) is 0 Å². The number of piperazine rings is 1. The Morgan fingerprint density at radius 1 is 1.11 bits per heavy atom. The van der Waals surface area contributed by atoms with Crippen molar-refractivity contribution in [1.82, 2.24) is 24.6 Å². The number of aromatic nitrogens is 3. The summed E-state index contributed by atoms with van der Waals surface area (Å²) in [5.74, 6) is 2.03. The zero-order valence-electron chi connectivity index (χ0n) is 11.6. The van der Waals surface area contributed by atoms with Crippen LogP contribution in [-0.4, -0.2) is 71.0 Å². The molecule has 6 heteroatoms. The van der Waals surface area contributed by atoms with Crippen molar-refractivity contribution < 1.29 is 4.74 Å². The van der Waals surface area contributed by atoms with Crippen LogP contribution >= 0.6 is 0 Å². The zero-order chi connectivity index (χ0) is 13.0. The van der Waals surface area contributed by atoms with E-state index in [1.165, 1.54) is 0 Å². The maximum Gasteiger partial charge on any atom is 0.146 e. The van der Waals surface area contributed by atoms with Gasteiger partial charge in [-0.05, 0) is 6.92 Å². The van der Waals surface area contributed by atoms with Gasteiger partial charge in [-0.15, -0.1) is 10.2 Å². The molecule has 0 aliphatic carbocycles. The SMILES string of the molecule is COCCN1CCN(Cc2nnc(C)n2C)CC1. The van der Waals surface area contributed by atoms with Crippen LogP contribution in [0.15, 0.2) is 0 Å². The highest BCUT2D eigenvalue weighted by molar-refractivity contribution is 4.93. The smallest absolute Gasteiger partial charge is 0.146 e. The minimum atomic E-state index is 0.822. The molecule has 1 fully saturated rings. The van der Waals surface area contributed by atoms with Gasteiger partial charge >= 0.3 is 0 Å². The Kier molecular flexibility index (Phi) is 4.68. The molecule has 2 heterocycles. The van der Waals surface area contributed by atoms with Gasteiger partial charge in [-0.3, -0.25) is 9.80 Å². The molecule has 1 aliphatic rings. The Morgan fingerprint density at radius 2 is 1.78 bits per heavy atom. The van der Waals surface area contributed by atoms with Gasteiger partial charge in [0.2, 0.25) is 0 Å². The second kappa shape index (κ2) is 6.26. The molecule has 1 saturated heterocycles. The predicted molar refractivity (Wildman–Crippen MR) is 69.3 cm³/mol. The van der Waals surface area contributed by atoms with E-state index >= 15 is 0 Å². The van der Waals surface area contributed by atoms with Gasteiger partial charge in [-0.1, -0.05) is 0 Å². The summed E-state index contributed by atoms with van der Waals surface area (Å²) < 4.78 is 7.18. The summed E-state index contributed by atoms with van der Waals surface area (Å²) in [7, 11) is 3.78. The molecular formula is C12H23N5O.